The molecule has 92 valence electrons. The highest BCUT2D eigenvalue weighted by atomic mass is 15.1. The summed E-state index contributed by atoms with van der Waals surface area (Å²) in [4.78, 5) is 8.76. The van der Waals surface area contributed by atoms with Gasteiger partial charge in [0.15, 0.2) is 0 Å². The van der Waals surface area contributed by atoms with Crippen LogP contribution in [0.4, 0.5) is 0 Å². The Bertz CT molecular complexity index is 513. The number of pyridine rings is 1. The molecule has 0 amide bonds. The van der Waals surface area contributed by atoms with Crippen LogP contribution < -0.4 is 5.73 Å². The molecule has 0 aliphatic rings. The maximum Gasteiger partial charge on any atom is 0.129 e. The lowest BCUT2D eigenvalue weighted by Crippen LogP contribution is -2.36. The van der Waals surface area contributed by atoms with Crippen LogP contribution in [0.1, 0.15) is 39.4 Å². The Morgan fingerprint density at radius 3 is 2.82 bits per heavy atom. The van der Waals surface area contributed by atoms with Gasteiger partial charge in [0.05, 0.1) is 17.3 Å². The lowest BCUT2D eigenvalue weighted by molar-refractivity contribution is 0.403. The van der Waals surface area contributed by atoms with E-state index >= 15 is 0 Å². The van der Waals surface area contributed by atoms with E-state index in [-0.39, 0.29) is 5.54 Å². The predicted octanol–water partition coefficient (Wildman–Crippen LogP) is 2.43. The van der Waals surface area contributed by atoms with Crippen molar-refractivity contribution in [3.05, 3.63) is 24.3 Å². The van der Waals surface area contributed by atoms with Gasteiger partial charge in [-0.05, 0) is 26.3 Å². The van der Waals surface area contributed by atoms with Crippen molar-refractivity contribution in [2.75, 3.05) is 0 Å². The van der Waals surface area contributed by atoms with Gasteiger partial charge in [-0.3, -0.25) is 4.98 Å². The molecule has 0 radical (unpaired) electrons. The summed E-state index contributed by atoms with van der Waals surface area (Å²) in [5.41, 5.74) is 8.06. The Balaban J connectivity index is 2.61. The van der Waals surface area contributed by atoms with Crippen molar-refractivity contribution in [3.63, 3.8) is 0 Å². The van der Waals surface area contributed by atoms with Crippen LogP contribution >= 0.6 is 0 Å². The normalized spacial score (nSPS) is 15.1. The Morgan fingerprint density at radius 1 is 1.41 bits per heavy atom. The molecule has 2 heterocycles. The van der Waals surface area contributed by atoms with Gasteiger partial charge >= 0.3 is 0 Å². The van der Waals surface area contributed by atoms with Crippen LogP contribution in [0.15, 0.2) is 18.5 Å². The Kier molecular flexibility index (Phi) is 3.15. The second-order valence-electron chi connectivity index (χ2n) is 4.71. The molecular formula is C13H20N4. The van der Waals surface area contributed by atoms with E-state index in [0.717, 1.165) is 36.2 Å². The van der Waals surface area contributed by atoms with Gasteiger partial charge < -0.3 is 10.3 Å². The molecule has 17 heavy (non-hydrogen) atoms. The summed E-state index contributed by atoms with van der Waals surface area (Å²) in [5, 5.41) is 0. The fourth-order valence-electron chi connectivity index (χ4n) is 2.37. The number of aromatic nitrogens is 3. The third kappa shape index (κ3) is 2.05. The SMILES string of the molecule is CCCC(C)(N)c1nc2cnccc2n1CC. The quantitative estimate of drug-likeness (QED) is 0.880. The standard InChI is InChI=1S/C13H20N4/c1-4-7-13(3,14)12-16-10-9-15-8-6-11(10)17(12)5-2/h6,8-9H,4-5,7,14H2,1-3H3. The lowest BCUT2D eigenvalue weighted by atomic mass is 9.96. The molecular weight excluding hydrogens is 212 g/mol. The van der Waals surface area contributed by atoms with Gasteiger partial charge in [0.25, 0.3) is 0 Å². The predicted molar refractivity (Wildman–Crippen MR) is 69.6 cm³/mol. The maximum atomic E-state index is 6.39. The molecule has 0 aliphatic carbocycles. The topological polar surface area (TPSA) is 56.7 Å². The minimum atomic E-state index is -0.371. The molecule has 2 aromatic rings. The van der Waals surface area contributed by atoms with Crippen molar-refractivity contribution in [2.45, 2.75) is 45.7 Å². The first-order valence-electron chi connectivity index (χ1n) is 6.19. The number of hydrogen-bond donors (Lipinski definition) is 1. The molecule has 4 nitrogen and oxygen atoms in total. The van der Waals surface area contributed by atoms with Crippen LogP contribution in [0.3, 0.4) is 0 Å². The largest absolute Gasteiger partial charge is 0.327 e. The second-order valence-corrected chi connectivity index (χ2v) is 4.71. The molecule has 1 atom stereocenters. The molecule has 0 fully saturated rings. The number of rotatable bonds is 4. The maximum absolute atomic E-state index is 6.39. The summed E-state index contributed by atoms with van der Waals surface area (Å²) in [7, 11) is 0. The molecule has 0 spiro atoms. The second kappa shape index (κ2) is 4.45. The zero-order chi connectivity index (χ0) is 12.5. The molecule has 0 saturated heterocycles. The van der Waals surface area contributed by atoms with Crippen molar-refractivity contribution < 1.29 is 0 Å². The fourth-order valence-corrected chi connectivity index (χ4v) is 2.37. The van der Waals surface area contributed by atoms with Gasteiger partial charge in [-0.25, -0.2) is 4.98 Å². The molecule has 0 saturated carbocycles. The first-order valence-corrected chi connectivity index (χ1v) is 6.19. The van der Waals surface area contributed by atoms with Crippen LogP contribution in [0.25, 0.3) is 11.0 Å². The van der Waals surface area contributed by atoms with E-state index in [2.05, 4.69) is 35.3 Å². The number of nitrogens with two attached hydrogens (primary N) is 1. The zero-order valence-electron chi connectivity index (χ0n) is 10.8. The Labute approximate surface area is 102 Å². The van der Waals surface area contributed by atoms with E-state index in [0.29, 0.717) is 0 Å². The summed E-state index contributed by atoms with van der Waals surface area (Å²) in [6.07, 6.45) is 5.59. The van der Waals surface area contributed by atoms with Gasteiger partial charge in [0, 0.05) is 12.7 Å². The monoisotopic (exact) mass is 232 g/mol. The minimum absolute atomic E-state index is 0.371. The highest BCUT2D eigenvalue weighted by Crippen LogP contribution is 2.26. The number of imidazole rings is 1. The summed E-state index contributed by atoms with van der Waals surface area (Å²) >= 11 is 0. The first kappa shape index (κ1) is 12.0. The summed E-state index contributed by atoms with van der Waals surface area (Å²) < 4.78 is 2.19. The van der Waals surface area contributed by atoms with Crippen molar-refractivity contribution in [1.82, 2.24) is 14.5 Å². The van der Waals surface area contributed by atoms with Crippen LogP contribution in [0.5, 0.6) is 0 Å². The molecule has 2 aromatic heterocycles. The molecule has 0 aromatic carbocycles. The van der Waals surface area contributed by atoms with Crippen LogP contribution in [0.2, 0.25) is 0 Å². The van der Waals surface area contributed by atoms with Crippen molar-refractivity contribution >= 4 is 11.0 Å². The first-order chi connectivity index (χ1) is 8.10. The Hall–Kier alpha value is -1.42. The number of nitrogens with zero attached hydrogens (tertiary/aromatic N) is 3. The molecule has 0 aliphatic heterocycles. The lowest BCUT2D eigenvalue weighted by Gasteiger charge is -2.24. The van der Waals surface area contributed by atoms with E-state index in [1.165, 1.54) is 0 Å². The molecule has 1 unspecified atom stereocenters. The van der Waals surface area contributed by atoms with E-state index in [9.17, 15) is 0 Å². The van der Waals surface area contributed by atoms with Gasteiger partial charge in [0.1, 0.15) is 11.3 Å². The number of fused-ring (bicyclic) bond motifs is 1. The van der Waals surface area contributed by atoms with Crippen LogP contribution in [0, 0.1) is 0 Å². The number of aryl methyl sites for hydroxylation is 1. The summed E-state index contributed by atoms with van der Waals surface area (Å²) in [6.45, 7) is 7.20. The van der Waals surface area contributed by atoms with E-state index < -0.39 is 0 Å². The highest BCUT2D eigenvalue weighted by molar-refractivity contribution is 5.74. The Morgan fingerprint density at radius 2 is 2.18 bits per heavy atom. The van der Waals surface area contributed by atoms with E-state index in [1.54, 1.807) is 12.4 Å². The van der Waals surface area contributed by atoms with E-state index in [4.69, 9.17) is 5.73 Å². The number of hydrogen-bond acceptors (Lipinski definition) is 3. The van der Waals surface area contributed by atoms with Crippen LogP contribution in [-0.4, -0.2) is 14.5 Å². The van der Waals surface area contributed by atoms with Gasteiger partial charge in [-0.1, -0.05) is 13.3 Å². The third-order valence-corrected chi connectivity index (χ3v) is 3.15. The summed E-state index contributed by atoms with van der Waals surface area (Å²) in [6, 6.07) is 2.00. The highest BCUT2D eigenvalue weighted by Gasteiger charge is 2.26. The van der Waals surface area contributed by atoms with Gasteiger partial charge in [-0.15, -0.1) is 0 Å². The average Bonchev–Trinajstić information content (AvgIpc) is 2.68. The third-order valence-electron chi connectivity index (χ3n) is 3.15. The van der Waals surface area contributed by atoms with Crippen LogP contribution in [-0.2, 0) is 12.1 Å². The fraction of sp³-hybridized carbons (Fsp3) is 0.538. The van der Waals surface area contributed by atoms with Crippen molar-refractivity contribution in [1.29, 1.82) is 0 Å². The van der Waals surface area contributed by atoms with Crippen molar-refractivity contribution in [3.8, 4) is 0 Å². The van der Waals surface area contributed by atoms with Crippen molar-refractivity contribution in [2.24, 2.45) is 5.73 Å². The summed E-state index contributed by atoms with van der Waals surface area (Å²) in [5.74, 6) is 0.963. The minimum Gasteiger partial charge on any atom is -0.327 e. The molecule has 0 bridgehead atoms. The molecule has 2 rings (SSSR count). The molecule has 4 heteroatoms. The smallest absolute Gasteiger partial charge is 0.129 e. The van der Waals surface area contributed by atoms with Gasteiger partial charge in [0.2, 0.25) is 0 Å². The van der Waals surface area contributed by atoms with E-state index in [1.807, 2.05) is 6.07 Å². The zero-order valence-corrected chi connectivity index (χ0v) is 10.8. The molecule has 2 N–H and O–H groups in total. The average molecular weight is 232 g/mol. The van der Waals surface area contributed by atoms with Gasteiger partial charge in [-0.2, -0.15) is 0 Å².